The third-order valence-electron chi connectivity index (χ3n) is 6.23. The number of ketones is 1. The van der Waals surface area contributed by atoms with E-state index in [1.165, 1.54) is 30.3 Å². The number of allylic oxidation sites excluding steroid dienone is 1. The molecule has 2 heterocycles. The number of carbonyl (C=O) groups is 2. The van der Waals surface area contributed by atoms with Crippen molar-refractivity contribution in [2.24, 2.45) is 0 Å². The number of Topliss-reactive ketones (excluding diaryl/α,β-unsaturated/α-hetero) is 1. The third-order valence-corrected chi connectivity index (χ3v) is 6.23. The van der Waals surface area contributed by atoms with E-state index in [0.29, 0.717) is 40.2 Å². The number of rotatable bonds is 6. The number of fused-ring (bicyclic) bond motifs is 2. The largest absolute Gasteiger partial charge is 0.494 e. The predicted molar refractivity (Wildman–Crippen MR) is 144 cm³/mol. The second-order valence-electron chi connectivity index (χ2n) is 8.80. The molecular weight excluding hydrogens is 499 g/mol. The van der Waals surface area contributed by atoms with E-state index in [2.05, 4.69) is 0 Å². The first-order valence-corrected chi connectivity index (χ1v) is 12.3. The highest BCUT2D eigenvalue weighted by Crippen LogP contribution is 2.38. The first-order chi connectivity index (χ1) is 19.0. The molecule has 6 rings (SSSR count). The lowest BCUT2D eigenvalue weighted by atomic mass is 10.1. The summed E-state index contributed by atoms with van der Waals surface area (Å²) in [5, 5.41) is 0.557. The molecule has 7 heteroatoms. The van der Waals surface area contributed by atoms with Crippen LogP contribution < -0.4 is 14.2 Å². The Bertz CT molecular complexity index is 1750. The predicted octanol–water partition coefficient (Wildman–Crippen LogP) is 7.47. The Labute approximate surface area is 222 Å². The van der Waals surface area contributed by atoms with Gasteiger partial charge in [-0.25, -0.2) is 9.18 Å². The Morgan fingerprint density at radius 2 is 1.69 bits per heavy atom. The molecule has 0 spiro atoms. The van der Waals surface area contributed by atoms with E-state index in [1.54, 1.807) is 36.4 Å². The SMILES string of the molecule is CCOc1ccc2oc(-c3ccccc3)c(C(=O)Oc3ccc4c(c3)O/C(=C\c3ccc(F)cc3)C4=O)c2c1. The van der Waals surface area contributed by atoms with Gasteiger partial charge in [0.2, 0.25) is 5.78 Å². The first kappa shape index (κ1) is 24.2. The number of hydrogen-bond donors (Lipinski definition) is 0. The molecule has 1 aromatic heterocycles. The average Bonchev–Trinajstić information content (AvgIpc) is 3.47. The number of benzene rings is 4. The fourth-order valence-corrected chi connectivity index (χ4v) is 4.43. The van der Waals surface area contributed by atoms with Gasteiger partial charge in [-0.05, 0) is 61.0 Å². The number of hydrogen-bond acceptors (Lipinski definition) is 6. The maximum absolute atomic E-state index is 13.6. The van der Waals surface area contributed by atoms with E-state index >= 15 is 0 Å². The van der Waals surface area contributed by atoms with Crippen LogP contribution in [0.4, 0.5) is 4.39 Å². The molecule has 192 valence electrons. The zero-order valence-corrected chi connectivity index (χ0v) is 20.8. The van der Waals surface area contributed by atoms with Crippen LogP contribution in [0.3, 0.4) is 0 Å². The fraction of sp³-hybridized carbons (Fsp3) is 0.0625. The van der Waals surface area contributed by atoms with Crippen LogP contribution in [0.15, 0.2) is 101 Å². The monoisotopic (exact) mass is 520 g/mol. The molecule has 0 N–H and O–H groups in total. The Morgan fingerprint density at radius 3 is 2.46 bits per heavy atom. The van der Waals surface area contributed by atoms with Crippen molar-refractivity contribution in [1.29, 1.82) is 0 Å². The molecule has 0 radical (unpaired) electrons. The van der Waals surface area contributed by atoms with Crippen molar-refractivity contribution in [3.8, 4) is 28.6 Å². The maximum atomic E-state index is 13.6. The van der Waals surface area contributed by atoms with Crippen molar-refractivity contribution in [3.63, 3.8) is 0 Å². The zero-order valence-electron chi connectivity index (χ0n) is 20.8. The number of furan rings is 1. The normalized spacial score (nSPS) is 13.4. The molecule has 0 saturated carbocycles. The molecular formula is C32H21FO6. The minimum Gasteiger partial charge on any atom is -0.494 e. The lowest BCUT2D eigenvalue weighted by molar-refractivity contribution is 0.0736. The van der Waals surface area contributed by atoms with E-state index in [-0.39, 0.29) is 34.4 Å². The van der Waals surface area contributed by atoms with Gasteiger partial charge in [-0.1, -0.05) is 42.5 Å². The van der Waals surface area contributed by atoms with Gasteiger partial charge in [-0.15, -0.1) is 0 Å². The van der Waals surface area contributed by atoms with Crippen molar-refractivity contribution < 1.29 is 32.6 Å². The van der Waals surface area contributed by atoms with Crippen molar-refractivity contribution in [2.45, 2.75) is 6.92 Å². The number of ether oxygens (including phenoxy) is 3. The fourth-order valence-electron chi connectivity index (χ4n) is 4.43. The minimum absolute atomic E-state index is 0.0933. The van der Waals surface area contributed by atoms with E-state index in [9.17, 15) is 14.0 Å². The van der Waals surface area contributed by atoms with E-state index < -0.39 is 5.97 Å². The van der Waals surface area contributed by atoms with Crippen LogP contribution in [-0.4, -0.2) is 18.4 Å². The molecule has 0 fully saturated rings. The summed E-state index contributed by atoms with van der Waals surface area (Å²) < 4.78 is 36.5. The zero-order chi connectivity index (χ0) is 26.9. The Balaban J connectivity index is 1.33. The molecule has 39 heavy (non-hydrogen) atoms. The van der Waals surface area contributed by atoms with Crippen LogP contribution in [0.25, 0.3) is 28.4 Å². The molecule has 5 aromatic rings. The summed E-state index contributed by atoms with van der Waals surface area (Å²) in [7, 11) is 0. The van der Waals surface area contributed by atoms with Crippen LogP contribution in [0.2, 0.25) is 0 Å². The van der Waals surface area contributed by atoms with Gasteiger partial charge in [0.1, 0.15) is 40.0 Å². The smallest absolute Gasteiger partial charge is 0.348 e. The average molecular weight is 521 g/mol. The molecule has 0 unspecified atom stereocenters. The van der Waals surface area contributed by atoms with E-state index in [1.807, 2.05) is 37.3 Å². The molecule has 0 saturated heterocycles. The van der Waals surface area contributed by atoms with Crippen molar-refractivity contribution in [3.05, 3.63) is 119 Å². The van der Waals surface area contributed by atoms with E-state index in [4.69, 9.17) is 18.6 Å². The Hall–Kier alpha value is -5.17. The summed E-state index contributed by atoms with van der Waals surface area (Å²) in [4.78, 5) is 26.4. The second-order valence-corrected chi connectivity index (χ2v) is 8.80. The molecule has 0 bridgehead atoms. The van der Waals surface area contributed by atoms with Crippen LogP contribution in [0.5, 0.6) is 17.2 Å². The van der Waals surface area contributed by atoms with Crippen LogP contribution in [-0.2, 0) is 0 Å². The summed E-state index contributed by atoms with van der Waals surface area (Å²) in [6.45, 7) is 2.35. The molecule has 6 nitrogen and oxygen atoms in total. The standard InChI is InChI=1S/C32H21FO6/c1-2-36-22-13-15-26-25(17-22)29(31(39-26)20-6-4-3-5-7-20)32(35)37-23-12-14-24-27(18-23)38-28(30(24)34)16-19-8-10-21(33)11-9-19/h3-18H,2H2,1H3/b28-16-. The highest BCUT2D eigenvalue weighted by Gasteiger charge is 2.29. The maximum Gasteiger partial charge on any atom is 0.348 e. The topological polar surface area (TPSA) is 75.0 Å². The van der Waals surface area contributed by atoms with Crippen molar-refractivity contribution in [2.75, 3.05) is 6.61 Å². The highest BCUT2D eigenvalue weighted by atomic mass is 19.1. The summed E-state index contributed by atoms with van der Waals surface area (Å²) >= 11 is 0. The number of esters is 1. The Kier molecular flexibility index (Phi) is 6.17. The van der Waals surface area contributed by atoms with Gasteiger partial charge in [0.05, 0.1) is 12.2 Å². The van der Waals surface area contributed by atoms with Crippen LogP contribution >= 0.6 is 0 Å². The lowest BCUT2D eigenvalue weighted by Crippen LogP contribution is -2.09. The summed E-state index contributed by atoms with van der Waals surface area (Å²) in [6.07, 6.45) is 1.53. The van der Waals surface area contributed by atoms with Gasteiger partial charge in [0.25, 0.3) is 0 Å². The summed E-state index contributed by atoms with van der Waals surface area (Å²) in [5.41, 5.74) is 2.45. The van der Waals surface area contributed by atoms with Gasteiger partial charge in [0.15, 0.2) is 5.76 Å². The van der Waals surface area contributed by atoms with Crippen LogP contribution in [0.1, 0.15) is 33.2 Å². The highest BCUT2D eigenvalue weighted by molar-refractivity contribution is 6.15. The van der Waals surface area contributed by atoms with E-state index in [0.717, 1.165) is 5.56 Å². The van der Waals surface area contributed by atoms with Gasteiger partial charge in [0, 0.05) is 17.0 Å². The summed E-state index contributed by atoms with van der Waals surface area (Å²) in [6, 6.07) is 24.9. The Morgan fingerprint density at radius 1 is 0.923 bits per heavy atom. The van der Waals surface area contributed by atoms with Crippen molar-refractivity contribution in [1.82, 2.24) is 0 Å². The van der Waals surface area contributed by atoms with Crippen molar-refractivity contribution >= 4 is 28.8 Å². The quantitative estimate of drug-likeness (QED) is 0.131. The van der Waals surface area contributed by atoms with Crippen LogP contribution in [0, 0.1) is 5.82 Å². The first-order valence-electron chi connectivity index (χ1n) is 12.3. The number of halogens is 1. The minimum atomic E-state index is -0.632. The van der Waals surface area contributed by atoms with Gasteiger partial charge in [-0.2, -0.15) is 0 Å². The van der Waals surface area contributed by atoms with Gasteiger partial charge in [-0.3, -0.25) is 4.79 Å². The molecule has 0 atom stereocenters. The molecule has 0 aliphatic carbocycles. The number of carbonyl (C=O) groups excluding carboxylic acids is 2. The molecule has 1 aliphatic heterocycles. The third kappa shape index (κ3) is 4.66. The summed E-state index contributed by atoms with van der Waals surface area (Å²) in [5.74, 6) is 0.207. The molecule has 0 amide bonds. The van der Waals surface area contributed by atoms with Gasteiger partial charge < -0.3 is 18.6 Å². The molecule has 1 aliphatic rings. The molecule has 4 aromatic carbocycles. The second kappa shape index (κ2) is 9.95. The lowest BCUT2D eigenvalue weighted by Gasteiger charge is -2.07. The van der Waals surface area contributed by atoms with Gasteiger partial charge >= 0.3 is 5.97 Å².